The van der Waals surface area contributed by atoms with Crippen LogP contribution < -0.4 is 10.6 Å². The van der Waals surface area contributed by atoms with Gasteiger partial charge in [-0.1, -0.05) is 0 Å². The van der Waals surface area contributed by atoms with Gasteiger partial charge in [0, 0.05) is 25.2 Å². The Morgan fingerprint density at radius 3 is 2.94 bits per heavy atom. The summed E-state index contributed by atoms with van der Waals surface area (Å²) in [5, 5.41) is 19.8. The van der Waals surface area contributed by atoms with Crippen LogP contribution in [0.25, 0.3) is 0 Å². The molecule has 18 heavy (non-hydrogen) atoms. The van der Waals surface area contributed by atoms with Gasteiger partial charge in [-0.2, -0.15) is 5.26 Å². The molecule has 0 amide bonds. The van der Waals surface area contributed by atoms with Crippen LogP contribution in [0.1, 0.15) is 18.4 Å². The molecule has 0 radical (unpaired) electrons. The van der Waals surface area contributed by atoms with Crippen molar-refractivity contribution in [2.24, 2.45) is 5.73 Å². The number of benzene rings is 1. The molecule has 1 atom stereocenters. The van der Waals surface area contributed by atoms with Crippen molar-refractivity contribution in [2.75, 3.05) is 18.0 Å². The van der Waals surface area contributed by atoms with Crippen molar-refractivity contribution < 1.29 is 4.92 Å². The van der Waals surface area contributed by atoms with Crippen LogP contribution in [0.5, 0.6) is 0 Å². The SMILES string of the molecule is N#Cc1ccc(N2CCCC(N)C2)c([N+](=O)[O-])c1. The van der Waals surface area contributed by atoms with Gasteiger partial charge in [0.15, 0.2) is 0 Å². The largest absolute Gasteiger partial charge is 0.364 e. The zero-order valence-electron chi connectivity index (χ0n) is 9.87. The molecule has 94 valence electrons. The highest BCUT2D eigenvalue weighted by Crippen LogP contribution is 2.30. The molecule has 6 nitrogen and oxygen atoms in total. The first kappa shape index (κ1) is 12.3. The van der Waals surface area contributed by atoms with Crippen LogP contribution >= 0.6 is 0 Å². The molecule has 0 spiro atoms. The second kappa shape index (κ2) is 5.02. The summed E-state index contributed by atoms with van der Waals surface area (Å²) in [6, 6.07) is 6.51. The van der Waals surface area contributed by atoms with Gasteiger partial charge in [0.25, 0.3) is 5.69 Å². The van der Waals surface area contributed by atoms with Crippen molar-refractivity contribution in [3.8, 4) is 6.07 Å². The van der Waals surface area contributed by atoms with E-state index < -0.39 is 4.92 Å². The first-order chi connectivity index (χ1) is 8.61. The zero-order valence-corrected chi connectivity index (χ0v) is 9.87. The Morgan fingerprint density at radius 2 is 2.33 bits per heavy atom. The monoisotopic (exact) mass is 246 g/mol. The first-order valence-electron chi connectivity index (χ1n) is 5.81. The fraction of sp³-hybridized carbons (Fsp3) is 0.417. The third-order valence-electron chi connectivity index (χ3n) is 3.10. The van der Waals surface area contributed by atoms with E-state index in [1.807, 2.05) is 11.0 Å². The highest BCUT2D eigenvalue weighted by atomic mass is 16.6. The normalized spacial score (nSPS) is 19.3. The molecule has 1 heterocycles. The van der Waals surface area contributed by atoms with Crippen molar-refractivity contribution in [2.45, 2.75) is 18.9 Å². The second-order valence-corrected chi connectivity index (χ2v) is 4.42. The summed E-state index contributed by atoms with van der Waals surface area (Å²) >= 11 is 0. The molecule has 1 aliphatic heterocycles. The van der Waals surface area contributed by atoms with E-state index in [0.29, 0.717) is 17.8 Å². The minimum Gasteiger partial charge on any atom is -0.364 e. The molecule has 1 aromatic rings. The Hall–Kier alpha value is -2.13. The smallest absolute Gasteiger partial charge is 0.293 e. The molecule has 0 bridgehead atoms. The van der Waals surface area contributed by atoms with Gasteiger partial charge in [0.1, 0.15) is 5.69 Å². The predicted molar refractivity (Wildman–Crippen MR) is 67.2 cm³/mol. The van der Waals surface area contributed by atoms with E-state index >= 15 is 0 Å². The lowest BCUT2D eigenvalue weighted by atomic mass is 10.0. The maximum Gasteiger partial charge on any atom is 0.293 e. The number of piperidine rings is 1. The third kappa shape index (κ3) is 2.41. The molecular weight excluding hydrogens is 232 g/mol. The number of rotatable bonds is 2. The molecule has 1 unspecified atom stereocenters. The van der Waals surface area contributed by atoms with Crippen molar-refractivity contribution in [1.82, 2.24) is 0 Å². The molecular formula is C12H14N4O2. The number of nitrogens with zero attached hydrogens (tertiary/aromatic N) is 3. The Labute approximate surface area is 105 Å². The molecule has 1 aromatic carbocycles. The number of hydrogen-bond acceptors (Lipinski definition) is 5. The van der Waals surface area contributed by atoms with Crippen molar-refractivity contribution in [3.63, 3.8) is 0 Å². The van der Waals surface area contributed by atoms with Gasteiger partial charge >= 0.3 is 0 Å². The molecule has 6 heteroatoms. The van der Waals surface area contributed by atoms with E-state index in [1.165, 1.54) is 6.07 Å². The van der Waals surface area contributed by atoms with Crippen LogP contribution in [-0.2, 0) is 0 Å². The number of nitriles is 1. The number of nitro groups is 1. The molecule has 2 N–H and O–H groups in total. The van der Waals surface area contributed by atoms with Gasteiger partial charge in [0.2, 0.25) is 0 Å². The molecule has 1 saturated heterocycles. The molecule has 1 aliphatic rings. The Bertz CT molecular complexity index is 509. The molecule has 0 aromatic heterocycles. The first-order valence-corrected chi connectivity index (χ1v) is 5.81. The maximum atomic E-state index is 11.1. The van der Waals surface area contributed by atoms with Gasteiger partial charge in [-0.15, -0.1) is 0 Å². The summed E-state index contributed by atoms with van der Waals surface area (Å²) in [5.74, 6) is 0. The van der Waals surface area contributed by atoms with Crippen molar-refractivity contribution >= 4 is 11.4 Å². The van der Waals surface area contributed by atoms with E-state index in [0.717, 1.165) is 19.4 Å². The van der Waals surface area contributed by atoms with E-state index in [4.69, 9.17) is 11.0 Å². The molecule has 2 rings (SSSR count). The summed E-state index contributed by atoms with van der Waals surface area (Å²) in [6.45, 7) is 1.38. The van der Waals surface area contributed by atoms with Crippen LogP contribution in [-0.4, -0.2) is 24.1 Å². The number of nitro benzene ring substituents is 1. The van der Waals surface area contributed by atoms with Crippen molar-refractivity contribution in [1.29, 1.82) is 5.26 Å². The Kier molecular flexibility index (Phi) is 3.44. The number of anilines is 1. The fourth-order valence-corrected chi connectivity index (χ4v) is 2.24. The summed E-state index contributed by atoms with van der Waals surface area (Å²) in [6.07, 6.45) is 1.87. The highest BCUT2D eigenvalue weighted by Gasteiger charge is 2.24. The van der Waals surface area contributed by atoms with Gasteiger partial charge < -0.3 is 10.6 Å². The third-order valence-corrected chi connectivity index (χ3v) is 3.10. The van der Waals surface area contributed by atoms with Gasteiger partial charge in [-0.05, 0) is 25.0 Å². The minimum atomic E-state index is -0.448. The predicted octanol–water partition coefficient (Wildman–Crippen LogP) is 1.39. The van der Waals surface area contributed by atoms with Crippen LogP contribution in [0.15, 0.2) is 18.2 Å². The molecule has 1 fully saturated rings. The topological polar surface area (TPSA) is 96.2 Å². The maximum absolute atomic E-state index is 11.1. The van der Waals surface area contributed by atoms with E-state index in [-0.39, 0.29) is 11.7 Å². The quantitative estimate of drug-likeness (QED) is 0.628. The van der Waals surface area contributed by atoms with Crippen LogP contribution in [0.2, 0.25) is 0 Å². The van der Waals surface area contributed by atoms with Gasteiger partial charge in [-0.25, -0.2) is 0 Å². The highest BCUT2D eigenvalue weighted by molar-refractivity contribution is 5.65. The average molecular weight is 246 g/mol. The molecule has 0 aliphatic carbocycles. The van der Waals surface area contributed by atoms with E-state index in [2.05, 4.69) is 0 Å². The summed E-state index contributed by atoms with van der Waals surface area (Å²) in [7, 11) is 0. The average Bonchev–Trinajstić information content (AvgIpc) is 2.38. The van der Waals surface area contributed by atoms with Crippen LogP contribution in [0, 0.1) is 21.4 Å². The summed E-state index contributed by atoms with van der Waals surface area (Å²) in [4.78, 5) is 12.5. The number of hydrogen-bond donors (Lipinski definition) is 1. The van der Waals surface area contributed by atoms with Gasteiger partial charge in [0.05, 0.1) is 16.6 Å². The standard InChI is InChI=1S/C12H14N4O2/c13-7-9-3-4-11(12(6-9)16(17)18)15-5-1-2-10(14)8-15/h3-4,6,10H,1-2,5,8,14H2. The lowest BCUT2D eigenvalue weighted by Crippen LogP contribution is -2.43. The fourth-order valence-electron chi connectivity index (χ4n) is 2.24. The van der Waals surface area contributed by atoms with E-state index in [1.54, 1.807) is 12.1 Å². The zero-order chi connectivity index (χ0) is 13.1. The van der Waals surface area contributed by atoms with Crippen molar-refractivity contribution in [3.05, 3.63) is 33.9 Å². The van der Waals surface area contributed by atoms with Gasteiger partial charge in [-0.3, -0.25) is 10.1 Å². The van der Waals surface area contributed by atoms with Crippen LogP contribution in [0.3, 0.4) is 0 Å². The summed E-state index contributed by atoms with van der Waals surface area (Å²) < 4.78 is 0. The second-order valence-electron chi connectivity index (χ2n) is 4.42. The van der Waals surface area contributed by atoms with Crippen LogP contribution in [0.4, 0.5) is 11.4 Å². The lowest BCUT2D eigenvalue weighted by Gasteiger charge is -2.32. The lowest BCUT2D eigenvalue weighted by molar-refractivity contribution is -0.384. The minimum absolute atomic E-state index is 0.0249. The summed E-state index contributed by atoms with van der Waals surface area (Å²) in [5.41, 5.74) is 6.70. The van der Waals surface area contributed by atoms with E-state index in [9.17, 15) is 10.1 Å². The number of nitrogens with two attached hydrogens (primary N) is 1. The Morgan fingerprint density at radius 1 is 1.56 bits per heavy atom. The Balaban J connectivity index is 2.37. The molecule has 0 saturated carbocycles.